The van der Waals surface area contributed by atoms with E-state index < -0.39 is 0 Å². The average Bonchev–Trinajstić information content (AvgIpc) is 3.21. The molecule has 2 aromatic carbocycles. The molecule has 2 amide bonds. The summed E-state index contributed by atoms with van der Waals surface area (Å²) in [5.41, 5.74) is 2.75. The standard InChI is InChI=1S/C25H27BrN2O3S/c1-19-12-15-32-23(19)17-28(16-20-8-4-3-5-9-20)24(29)18-27(13-14-31-2)25(30)21-10-6-7-11-22(21)26/h3-12,15H,13-14,16-18H2,1-2H3. The van der Waals surface area contributed by atoms with Gasteiger partial charge in [0.05, 0.1) is 18.7 Å². The fourth-order valence-corrected chi connectivity index (χ4v) is 4.67. The van der Waals surface area contributed by atoms with E-state index in [4.69, 9.17) is 4.74 Å². The lowest BCUT2D eigenvalue weighted by molar-refractivity contribution is -0.133. The van der Waals surface area contributed by atoms with Gasteiger partial charge in [-0.25, -0.2) is 0 Å². The van der Waals surface area contributed by atoms with Gasteiger partial charge in [-0.3, -0.25) is 9.59 Å². The first-order valence-electron chi connectivity index (χ1n) is 10.4. The predicted molar refractivity (Wildman–Crippen MR) is 132 cm³/mol. The summed E-state index contributed by atoms with van der Waals surface area (Å²) in [4.78, 5) is 31.2. The molecule has 3 rings (SSSR count). The Morgan fingerprint density at radius 2 is 1.69 bits per heavy atom. The van der Waals surface area contributed by atoms with Gasteiger partial charge in [0.1, 0.15) is 6.54 Å². The van der Waals surface area contributed by atoms with Crippen LogP contribution in [0, 0.1) is 6.92 Å². The minimum atomic E-state index is -0.199. The van der Waals surface area contributed by atoms with E-state index in [0.29, 0.717) is 36.3 Å². The highest BCUT2D eigenvalue weighted by molar-refractivity contribution is 9.10. The Bertz CT molecular complexity index is 1040. The Balaban J connectivity index is 1.82. The molecule has 7 heteroatoms. The van der Waals surface area contributed by atoms with Crippen LogP contribution in [-0.4, -0.2) is 48.4 Å². The SMILES string of the molecule is COCCN(CC(=O)N(Cc1ccccc1)Cc1sccc1C)C(=O)c1ccccc1Br. The lowest BCUT2D eigenvalue weighted by atomic mass is 10.2. The van der Waals surface area contributed by atoms with Crippen LogP contribution in [0.25, 0.3) is 0 Å². The smallest absolute Gasteiger partial charge is 0.255 e. The number of aryl methyl sites for hydroxylation is 1. The van der Waals surface area contributed by atoms with Gasteiger partial charge in [0, 0.05) is 29.5 Å². The topological polar surface area (TPSA) is 49.9 Å². The molecule has 0 radical (unpaired) electrons. The average molecular weight is 515 g/mol. The first-order valence-corrected chi connectivity index (χ1v) is 12.0. The van der Waals surface area contributed by atoms with Crippen molar-refractivity contribution in [3.8, 4) is 0 Å². The van der Waals surface area contributed by atoms with Crippen LogP contribution in [0.3, 0.4) is 0 Å². The third-order valence-corrected chi connectivity index (χ3v) is 6.85. The molecule has 0 saturated carbocycles. The molecule has 0 fully saturated rings. The van der Waals surface area contributed by atoms with Gasteiger partial charge in [0.15, 0.2) is 0 Å². The van der Waals surface area contributed by atoms with Gasteiger partial charge in [-0.1, -0.05) is 42.5 Å². The molecule has 0 bridgehead atoms. The van der Waals surface area contributed by atoms with Crippen molar-refractivity contribution in [1.82, 2.24) is 9.80 Å². The number of thiophene rings is 1. The molecule has 5 nitrogen and oxygen atoms in total. The number of rotatable bonds is 10. The summed E-state index contributed by atoms with van der Waals surface area (Å²) < 4.78 is 5.90. The summed E-state index contributed by atoms with van der Waals surface area (Å²) in [5, 5.41) is 2.04. The van der Waals surface area contributed by atoms with Crippen molar-refractivity contribution in [2.75, 3.05) is 26.8 Å². The first kappa shape index (κ1) is 24.2. The largest absolute Gasteiger partial charge is 0.383 e. The highest BCUT2D eigenvalue weighted by atomic mass is 79.9. The van der Waals surface area contributed by atoms with Crippen molar-refractivity contribution >= 4 is 39.1 Å². The molecule has 0 aliphatic heterocycles. The number of nitrogens with zero attached hydrogens (tertiary/aromatic N) is 2. The van der Waals surface area contributed by atoms with E-state index in [1.165, 1.54) is 5.56 Å². The molecule has 1 aromatic heterocycles. The number of amides is 2. The Kier molecular flexibility index (Phi) is 9.02. The van der Waals surface area contributed by atoms with Crippen LogP contribution < -0.4 is 0 Å². The maximum Gasteiger partial charge on any atom is 0.255 e. The van der Waals surface area contributed by atoms with Crippen LogP contribution >= 0.6 is 27.3 Å². The molecule has 0 saturated heterocycles. The minimum Gasteiger partial charge on any atom is -0.383 e. The van der Waals surface area contributed by atoms with Crippen LogP contribution in [0.1, 0.15) is 26.4 Å². The second-order valence-corrected chi connectivity index (χ2v) is 9.32. The number of carbonyl (C=O) groups is 2. The van der Waals surface area contributed by atoms with Crippen molar-refractivity contribution in [1.29, 1.82) is 0 Å². The quantitative estimate of drug-likeness (QED) is 0.376. The minimum absolute atomic E-state index is 0.0131. The molecule has 168 valence electrons. The van der Waals surface area contributed by atoms with Crippen molar-refractivity contribution in [3.05, 3.63) is 92.1 Å². The van der Waals surface area contributed by atoms with E-state index >= 15 is 0 Å². The summed E-state index contributed by atoms with van der Waals surface area (Å²) in [6, 6.07) is 19.2. The van der Waals surface area contributed by atoms with E-state index in [2.05, 4.69) is 28.9 Å². The number of methoxy groups -OCH3 is 1. The third kappa shape index (κ3) is 6.51. The monoisotopic (exact) mass is 514 g/mol. The maximum absolute atomic E-state index is 13.5. The first-order chi connectivity index (χ1) is 15.5. The molecule has 0 atom stereocenters. The number of hydrogen-bond donors (Lipinski definition) is 0. The Hall–Kier alpha value is -2.48. The van der Waals surface area contributed by atoms with Gasteiger partial charge in [-0.05, 0) is 57.6 Å². The molecular formula is C25H27BrN2O3S. The molecular weight excluding hydrogens is 488 g/mol. The molecule has 0 unspecified atom stereocenters. The van der Waals surface area contributed by atoms with Crippen LogP contribution in [0.4, 0.5) is 0 Å². The van der Waals surface area contributed by atoms with Crippen LogP contribution in [-0.2, 0) is 22.6 Å². The molecule has 0 spiro atoms. The highest BCUT2D eigenvalue weighted by Gasteiger charge is 2.24. The van der Waals surface area contributed by atoms with Crippen LogP contribution in [0.5, 0.6) is 0 Å². The molecule has 32 heavy (non-hydrogen) atoms. The van der Waals surface area contributed by atoms with Crippen molar-refractivity contribution in [3.63, 3.8) is 0 Å². The Morgan fingerprint density at radius 1 is 0.969 bits per heavy atom. The van der Waals surface area contributed by atoms with Gasteiger partial charge < -0.3 is 14.5 Å². The normalized spacial score (nSPS) is 10.7. The third-order valence-electron chi connectivity index (χ3n) is 5.15. The van der Waals surface area contributed by atoms with Crippen LogP contribution in [0.15, 0.2) is 70.5 Å². The van der Waals surface area contributed by atoms with Gasteiger partial charge in [-0.15, -0.1) is 11.3 Å². The number of halogens is 1. The zero-order chi connectivity index (χ0) is 22.9. The van der Waals surface area contributed by atoms with Crippen molar-refractivity contribution in [2.24, 2.45) is 0 Å². The molecule has 0 aliphatic rings. The number of ether oxygens (including phenoxy) is 1. The fraction of sp³-hybridized carbons (Fsp3) is 0.280. The zero-order valence-electron chi connectivity index (χ0n) is 18.3. The molecule has 0 N–H and O–H groups in total. The fourth-order valence-electron chi connectivity index (χ4n) is 3.30. The Morgan fingerprint density at radius 3 is 2.34 bits per heavy atom. The van der Waals surface area contributed by atoms with E-state index in [0.717, 1.165) is 10.4 Å². The van der Waals surface area contributed by atoms with Gasteiger partial charge in [0.2, 0.25) is 5.91 Å². The summed E-state index contributed by atoms with van der Waals surface area (Å²) >= 11 is 5.09. The molecule has 3 aromatic rings. The van der Waals surface area contributed by atoms with Gasteiger partial charge >= 0.3 is 0 Å². The van der Waals surface area contributed by atoms with E-state index in [1.54, 1.807) is 29.4 Å². The second kappa shape index (κ2) is 11.9. The summed E-state index contributed by atoms with van der Waals surface area (Å²) in [7, 11) is 1.59. The van der Waals surface area contributed by atoms with E-state index in [9.17, 15) is 9.59 Å². The van der Waals surface area contributed by atoms with Crippen molar-refractivity contribution < 1.29 is 14.3 Å². The second-order valence-electron chi connectivity index (χ2n) is 7.46. The summed E-state index contributed by atoms with van der Waals surface area (Å²) in [6.07, 6.45) is 0. The van der Waals surface area contributed by atoms with Crippen molar-refractivity contribution in [2.45, 2.75) is 20.0 Å². The maximum atomic E-state index is 13.5. The van der Waals surface area contributed by atoms with Gasteiger partial charge in [-0.2, -0.15) is 0 Å². The summed E-state index contributed by atoms with van der Waals surface area (Å²) in [6.45, 7) is 3.72. The number of benzene rings is 2. The lowest BCUT2D eigenvalue weighted by Gasteiger charge is -2.28. The molecule has 1 heterocycles. The number of carbonyl (C=O) groups excluding carboxylic acids is 2. The molecule has 0 aliphatic carbocycles. The van der Waals surface area contributed by atoms with E-state index in [1.807, 2.05) is 58.8 Å². The highest BCUT2D eigenvalue weighted by Crippen LogP contribution is 2.21. The summed E-state index contributed by atoms with van der Waals surface area (Å²) in [5.74, 6) is -0.298. The van der Waals surface area contributed by atoms with E-state index in [-0.39, 0.29) is 18.4 Å². The Labute approximate surface area is 201 Å². The zero-order valence-corrected chi connectivity index (χ0v) is 20.7. The van der Waals surface area contributed by atoms with Gasteiger partial charge in [0.25, 0.3) is 5.91 Å². The lowest BCUT2D eigenvalue weighted by Crippen LogP contribution is -2.43. The van der Waals surface area contributed by atoms with Crippen LogP contribution in [0.2, 0.25) is 0 Å². The number of hydrogen-bond acceptors (Lipinski definition) is 4. The predicted octanol–water partition coefficient (Wildman–Crippen LogP) is 5.14.